The molecule has 0 aliphatic rings. The molecule has 51 heavy (non-hydrogen) atoms. The summed E-state index contributed by atoms with van der Waals surface area (Å²) in [5.74, 6) is 0.0695. The van der Waals surface area contributed by atoms with Gasteiger partial charge in [-0.3, -0.25) is 14.0 Å². The van der Waals surface area contributed by atoms with Gasteiger partial charge in [-0.1, -0.05) is 64.7 Å². The predicted octanol–water partition coefficient (Wildman–Crippen LogP) is -5.04. The van der Waals surface area contributed by atoms with Crippen molar-refractivity contribution in [3.05, 3.63) is 48.5 Å². The number of benzene rings is 2. The summed E-state index contributed by atoms with van der Waals surface area (Å²) >= 11 is 0. The van der Waals surface area contributed by atoms with Crippen LogP contribution in [0.25, 0.3) is 0 Å². The molecule has 0 spiro atoms. The number of unbranched alkanes of at least 4 members (excludes halogenated alkanes) is 8. The molecule has 0 aliphatic heterocycles. The third kappa shape index (κ3) is 25.4. The van der Waals surface area contributed by atoms with Gasteiger partial charge in [0.1, 0.15) is 24.7 Å². The van der Waals surface area contributed by atoms with Gasteiger partial charge in [0.25, 0.3) is 20.2 Å². The molecule has 0 heterocycles. The number of hydrogen-bond acceptors (Lipinski definition) is 11. The van der Waals surface area contributed by atoms with Crippen molar-refractivity contribution >= 4 is 45.0 Å². The Bertz CT molecular complexity index is 1350. The number of nitrogens with zero attached hydrogens (tertiary/aromatic N) is 1. The van der Waals surface area contributed by atoms with E-state index in [1.165, 1.54) is 69.2 Å². The fourth-order valence-corrected chi connectivity index (χ4v) is 5.55. The Hall–Kier alpha value is -0.370. The van der Waals surface area contributed by atoms with Gasteiger partial charge in [-0.25, -0.2) is 9.59 Å². The van der Waals surface area contributed by atoms with Crippen LogP contribution in [0.5, 0.6) is 11.5 Å². The maximum Gasteiger partial charge on any atom is 1.00 e. The van der Waals surface area contributed by atoms with Crippen molar-refractivity contribution in [3.63, 3.8) is 0 Å². The topological polar surface area (TPSA) is 183 Å². The Labute approximate surface area is 365 Å². The zero-order valence-electron chi connectivity index (χ0n) is 29.5. The molecule has 20 heteroatoms. The van der Waals surface area contributed by atoms with Crippen LogP contribution >= 0.6 is 12.4 Å². The van der Waals surface area contributed by atoms with Gasteiger partial charge in [-0.05, 0) is 61.9 Å². The quantitative estimate of drug-likeness (QED) is 0.0401. The predicted molar refractivity (Wildman–Crippen MR) is 177 cm³/mol. The third-order valence-corrected chi connectivity index (χ3v) is 8.93. The largest absolute Gasteiger partial charge is 1.00 e. The van der Waals surface area contributed by atoms with E-state index >= 15 is 0 Å². The molecule has 1 atom stereocenters. The van der Waals surface area contributed by atoms with Crippen LogP contribution in [-0.2, 0) is 29.7 Å². The van der Waals surface area contributed by atoms with Gasteiger partial charge in [-0.15, -0.1) is 12.4 Å². The molecule has 0 fully saturated rings. The molecule has 0 saturated heterocycles. The van der Waals surface area contributed by atoms with Crippen LogP contribution in [0.2, 0.25) is 0 Å². The van der Waals surface area contributed by atoms with Gasteiger partial charge < -0.3 is 43.8 Å². The Morgan fingerprint density at radius 2 is 0.980 bits per heavy atom. The van der Waals surface area contributed by atoms with Crippen molar-refractivity contribution in [1.82, 2.24) is 4.90 Å². The minimum Gasteiger partial charge on any atom is -1.00 e. The summed E-state index contributed by atoms with van der Waals surface area (Å²) in [6, 6.07) is 9.28. The fourth-order valence-electron chi connectivity index (χ4n) is 4.59. The van der Waals surface area contributed by atoms with E-state index in [-0.39, 0.29) is 137 Å². The third-order valence-electron chi connectivity index (χ3n) is 7.19. The molecule has 0 amide bonds. The van der Waals surface area contributed by atoms with E-state index in [0.29, 0.717) is 13.1 Å². The van der Waals surface area contributed by atoms with Crippen molar-refractivity contribution < 1.29 is 138 Å². The first-order chi connectivity index (χ1) is 21.8. The standard InChI is InChI=1S/C31H45NO12S2.3ClH.2Na/c1-3-4-5-6-7-8-9-10-11-12-25(2)32(21-23-41-30(33)43-26-13-17-28(18-14-26)45(35,36)37)22-24-42-31(34)44-27-15-19-29(20-16-27)46(38,39)40;;;;;/h13-20,25H,3-12,21-24H2,1-2H3,(H,35,36,37)(H,38,39,40);3*1H;;/q;;;;2*+1/p-2. The molecular weight excluding hydrogens is 795 g/mol. The first-order valence-electron chi connectivity index (χ1n) is 15.4. The van der Waals surface area contributed by atoms with Gasteiger partial charge in [0.05, 0.1) is 9.79 Å². The van der Waals surface area contributed by atoms with Crippen LogP contribution in [0.3, 0.4) is 0 Å². The second kappa shape index (κ2) is 30.9. The summed E-state index contributed by atoms with van der Waals surface area (Å²) in [7, 11) is -8.75. The zero-order valence-corrected chi connectivity index (χ0v) is 37.5. The van der Waals surface area contributed by atoms with E-state index in [1.807, 2.05) is 11.8 Å². The van der Waals surface area contributed by atoms with E-state index < -0.39 is 32.5 Å². The first-order valence-corrected chi connectivity index (χ1v) is 18.3. The van der Waals surface area contributed by atoms with Gasteiger partial charge in [0.2, 0.25) is 0 Å². The molecule has 0 radical (unpaired) electrons. The summed E-state index contributed by atoms with van der Waals surface area (Å²) in [5, 5.41) is 0. The second-order valence-electron chi connectivity index (χ2n) is 10.8. The second-order valence-corrected chi connectivity index (χ2v) is 13.6. The summed E-state index contributed by atoms with van der Waals surface area (Å²) in [5.41, 5.74) is 0. The molecule has 2 aromatic carbocycles. The number of halogens is 3. The average molecular weight is 841 g/mol. The van der Waals surface area contributed by atoms with Gasteiger partial charge in [0, 0.05) is 19.1 Å². The molecular formula is C31H46Cl3NNa2O12S2. The van der Waals surface area contributed by atoms with Crippen LogP contribution in [-0.4, -0.2) is 75.5 Å². The van der Waals surface area contributed by atoms with E-state index in [1.54, 1.807) is 0 Å². The van der Waals surface area contributed by atoms with E-state index in [0.717, 1.165) is 43.5 Å². The minimum absolute atomic E-state index is 0. The number of carbonyl (C=O) groups is 2. The maximum atomic E-state index is 12.2. The molecule has 1 unspecified atom stereocenters. The monoisotopic (exact) mass is 839 g/mol. The van der Waals surface area contributed by atoms with Crippen molar-refractivity contribution in [3.8, 4) is 11.5 Å². The molecule has 282 valence electrons. The smallest absolute Gasteiger partial charge is 1.00 e. The zero-order chi connectivity index (χ0) is 34.0. The minimum atomic E-state index is -4.38. The molecule has 2 aromatic rings. The first kappa shape index (κ1) is 57.4. The van der Waals surface area contributed by atoms with Crippen molar-refractivity contribution in [2.24, 2.45) is 0 Å². The van der Waals surface area contributed by atoms with Crippen LogP contribution in [0.1, 0.15) is 78.1 Å². The molecule has 0 aromatic heterocycles. The van der Waals surface area contributed by atoms with Crippen LogP contribution in [0.4, 0.5) is 9.59 Å². The summed E-state index contributed by atoms with van der Waals surface area (Å²) < 4.78 is 83.4. The molecule has 0 aliphatic carbocycles. The fraction of sp³-hybridized carbons (Fsp3) is 0.548. The SMILES string of the molecule is CCCCCCCCCCCC(C)N(CCOC(=O)Oc1ccc(S(=O)(=O)O)cc1)CCOC(=O)Oc1ccc(S(=O)(=O)O)cc1.Cl.[Cl-].[Cl-].[Na+].[Na+]. The summed E-state index contributed by atoms with van der Waals surface area (Å²) in [6.07, 6.45) is 9.70. The van der Waals surface area contributed by atoms with Gasteiger partial charge in [-0.2, -0.15) is 16.8 Å². The van der Waals surface area contributed by atoms with Gasteiger partial charge >= 0.3 is 71.4 Å². The summed E-state index contributed by atoms with van der Waals surface area (Å²) in [4.78, 5) is 25.7. The van der Waals surface area contributed by atoms with E-state index in [9.17, 15) is 26.4 Å². The maximum absolute atomic E-state index is 12.2. The molecule has 0 bridgehead atoms. The molecule has 0 saturated carbocycles. The summed E-state index contributed by atoms with van der Waals surface area (Å²) in [6.45, 7) is 4.79. The Morgan fingerprint density at radius 3 is 1.31 bits per heavy atom. The Morgan fingerprint density at radius 1 is 0.647 bits per heavy atom. The van der Waals surface area contributed by atoms with Gasteiger partial charge in [0.15, 0.2) is 0 Å². The molecule has 13 nitrogen and oxygen atoms in total. The van der Waals surface area contributed by atoms with Crippen LogP contribution in [0, 0.1) is 0 Å². The number of ether oxygens (including phenoxy) is 4. The normalized spacial score (nSPS) is 11.2. The Balaban J connectivity index is -0.00000221. The van der Waals surface area contributed by atoms with E-state index in [4.69, 9.17) is 28.1 Å². The number of hydrogen-bond donors (Lipinski definition) is 2. The Kier molecular flexibility index (Phi) is 34.8. The van der Waals surface area contributed by atoms with Crippen molar-refractivity contribution in [2.45, 2.75) is 93.9 Å². The van der Waals surface area contributed by atoms with Crippen molar-refractivity contribution in [1.29, 1.82) is 0 Å². The molecule has 2 N–H and O–H groups in total. The number of carbonyl (C=O) groups excluding carboxylic acids is 2. The molecule has 2 rings (SSSR count). The average Bonchev–Trinajstić information content (AvgIpc) is 2.99. The van der Waals surface area contributed by atoms with Crippen LogP contribution in [0.15, 0.2) is 58.3 Å². The number of rotatable bonds is 21. The van der Waals surface area contributed by atoms with E-state index in [2.05, 4.69) is 6.92 Å². The van der Waals surface area contributed by atoms with Crippen molar-refractivity contribution in [2.75, 3.05) is 26.3 Å². The van der Waals surface area contributed by atoms with Crippen LogP contribution < -0.4 is 93.4 Å².